The molecule has 2 aromatic carbocycles. The minimum atomic E-state index is -3.90. The monoisotopic (exact) mass is 543 g/mol. The Bertz CT molecular complexity index is 1160. The zero-order valence-electron chi connectivity index (χ0n) is 20.6. The Morgan fingerprint density at radius 1 is 1.09 bits per heavy atom. The van der Waals surface area contributed by atoms with Gasteiger partial charge in [-0.3, -0.25) is 13.9 Å². The van der Waals surface area contributed by atoms with Crippen molar-refractivity contribution in [1.29, 1.82) is 0 Å². The van der Waals surface area contributed by atoms with Crippen molar-refractivity contribution in [3.05, 3.63) is 58.1 Å². The van der Waals surface area contributed by atoms with E-state index in [-0.39, 0.29) is 23.2 Å². The van der Waals surface area contributed by atoms with Crippen LogP contribution in [0.2, 0.25) is 10.0 Å². The van der Waals surface area contributed by atoms with Gasteiger partial charge in [0.25, 0.3) is 0 Å². The molecule has 192 valence electrons. The molecule has 0 bridgehead atoms. The SMILES string of the molecule is COc1ccc(CN(C(=O)CN(c2ccc(Cl)cc2Cl)S(C)(=O)=O)C(C)C(=O)NC(C)(C)C)cc1. The number of methoxy groups -OCH3 is 1. The van der Waals surface area contributed by atoms with Gasteiger partial charge in [-0.15, -0.1) is 0 Å². The molecule has 0 radical (unpaired) electrons. The van der Waals surface area contributed by atoms with E-state index in [9.17, 15) is 18.0 Å². The van der Waals surface area contributed by atoms with Gasteiger partial charge in [0.1, 0.15) is 18.3 Å². The molecule has 11 heteroatoms. The smallest absolute Gasteiger partial charge is 0.244 e. The summed E-state index contributed by atoms with van der Waals surface area (Å²) < 4.78 is 31.3. The molecule has 8 nitrogen and oxygen atoms in total. The highest BCUT2D eigenvalue weighted by Crippen LogP contribution is 2.30. The van der Waals surface area contributed by atoms with Crippen molar-refractivity contribution >= 4 is 50.7 Å². The van der Waals surface area contributed by atoms with E-state index < -0.39 is 34.1 Å². The first-order chi connectivity index (χ1) is 16.1. The summed E-state index contributed by atoms with van der Waals surface area (Å²) in [7, 11) is -2.35. The lowest BCUT2D eigenvalue weighted by molar-refractivity contribution is -0.140. The van der Waals surface area contributed by atoms with Crippen molar-refractivity contribution in [3.8, 4) is 5.75 Å². The Balaban J connectivity index is 2.43. The highest BCUT2D eigenvalue weighted by atomic mass is 35.5. The van der Waals surface area contributed by atoms with Crippen molar-refractivity contribution < 1.29 is 22.7 Å². The molecule has 35 heavy (non-hydrogen) atoms. The van der Waals surface area contributed by atoms with Gasteiger partial charge in [-0.05, 0) is 63.6 Å². The van der Waals surface area contributed by atoms with Gasteiger partial charge in [-0.2, -0.15) is 0 Å². The van der Waals surface area contributed by atoms with E-state index in [4.69, 9.17) is 27.9 Å². The molecule has 0 aliphatic rings. The van der Waals surface area contributed by atoms with Crippen molar-refractivity contribution in [2.24, 2.45) is 0 Å². The van der Waals surface area contributed by atoms with Crippen molar-refractivity contribution in [1.82, 2.24) is 10.2 Å². The predicted octanol–water partition coefficient (Wildman–Crippen LogP) is 4.10. The zero-order valence-corrected chi connectivity index (χ0v) is 23.0. The summed E-state index contributed by atoms with van der Waals surface area (Å²) in [6.45, 7) is 6.63. The third-order valence-electron chi connectivity index (χ3n) is 5.04. The summed E-state index contributed by atoms with van der Waals surface area (Å²) in [5, 5.41) is 3.27. The Morgan fingerprint density at radius 2 is 1.69 bits per heavy atom. The van der Waals surface area contributed by atoms with Crippen LogP contribution >= 0.6 is 23.2 Å². The van der Waals surface area contributed by atoms with E-state index >= 15 is 0 Å². The zero-order chi connectivity index (χ0) is 26.6. The van der Waals surface area contributed by atoms with Crippen LogP contribution in [0.1, 0.15) is 33.3 Å². The number of hydrogen-bond donors (Lipinski definition) is 1. The lowest BCUT2D eigenvalue weighted by atomic mass is 10.1. The number of benzene rings is 2. The number of ether oxygens (including phenoxy) is 1. The quantitative estimate of drug-likeness (QED) is 0.513. The molecule has 1 N–H and O–H groups in total. The Morgan fingerprint density at radius 3 is 2.17 bits per heavy atom. The third kappa shape index (κ3) is 8.30. The molecule has 0 saturated heterocycles. The second-order valence-corrected chi connectivity index (χ2v) is 11.9. The minimum absolute atomic E-state index is 0.0769. The van der Waals surface area contributed by atoms with Crippen molar-refractivity contribution in [2.75, 3.05) is 24.2 Å². The highest BCUT2D eigenvalue weighted by Gasteiger charge is 2.32. The highest BCUT2D eigenvalue weighted by molar-refractivity contribution is 7.92. The molecular weight excluding hydrogens is 513 g/mol. The molecular formula is C24H31Cl2N3O5S. The molecule has 2 amide bonds. The summed E-state index contributed by atoms with van der Waals surface area (Å²) in [6, 6.07) is 10.5. The van der Waals surface area contributed by atoms with Gasteiger partial charge < -0.3 is 15.0 Å². The van der Waals surface area contributed by atoms with Crippen LogP contribution < -0.4 is 14.4 Å². The van der Waals surface area contributed by atoms with Gasteiger partial charge in [0, 0.05) is 17.1 Å². The van der Waals surface area contributed by atoms with E-state index in [2.05, 4.69) is 5.32 Å². The fourth-order valence-corrected chi connectivity index (χ4v) is 4.68. The average molecular weight is 545 g/mol. The summed E-state index contributed by atoms with van der Waals surface area (Å²) >= 11 is 12.2. The van der Waals surface area contributed by atoms with Crippen LogP contribution in [0.25, 0.3) is 0 Å². The summed E-state index contributed by atoms with van der Waals surface area (Å²) in [6.07, 6.45) is 0.981. The normalized spacial score (nSPS) is 12.6. The number of carbonyl (C=O) groups excluding carboxylic acids is 2. The first kappa shape index (κ1) is 28.7. The van der Waals surface area contributed by atoms with Crippen LogP contribution in [0, 0.1) is 0 Å². The number of hydrogen-bond acceptors (Lipinski definition) is 5. The summed E-state index contributed by atoms with van der Waals surface area (Å²) in [4.78, 5) is 27.8. The number of sulfonamides is 1. The lowest BCUT2D eigenvalue weighted by Gasteiger charge is -2.33. The molecule has 0 aromatic heterocycles. The van der Waals surface area contributed by atoms with Crippen molar-refractivity contribution in [3.63, 3.8) is 0 Å². The molecule has 1 atom stereocenters. The lowest BCUT2D eigenvalue weighted by Crippen LogP contribution is -2.54. The van der Waals surface area contributed by atoms with Crippen LogP contribution in [-0.2, 0) is 26.2 Å². The van der Waals surface area contributed by atoms with E-state index in [1.165, 1.54) is 23.1 Å². The van der Waals surface area contributed by atoms with Crippen molar-refractivity contribution in [2.45, 2.75) is 45.8 Å². The molecule has 0 saturated carbocycles. The third-order valence-corrected chi connectivity index (χ3v) is 6.70. The molecule has 0 aliphatic heterocycles. The second-order valence-electron chi connectivity index (χ2n) is 9.15. The average Bonchev–Trinajstić information content (AvgIpc) is 2.74. The number of halogens is 2. The van der Waals surface area contributed by atoms with E-state index in [1.54, 1.807) is 38.3 Å². The van der Waals surface area contributed by atoms with Crippen LogP contribution in [-0.4, -0.2) is 56.6 Å². The number of carbonyl (C=O) groups is 2. The molecule has 0 fully saturated rings. The molecule has 0 aliphatic carbocycles. The van der Waals surface area contributed by atoms with Crippen LogP contribution in [0.4, 0.5) is 5.69 Å². The van der Waals surface area contributed by atoms with Gasteiger partial charge >= 0.3 is 0 Å². The summed E-state index contributed by atoms with van der Waals surface area (Å²) in [5.74, 6) is -0.297. The molecule has 0 spiro atoms. The molecule has 2 rings (SSSR count). The first-order valence-corrected chi connectivity index (χ1v) is 13.4. The minimum Gasteiger partial charge on any atom is -0.497 e. The maximum absolute atomic E-state index is 13.5. The fourth-order valence-electron chi connectivity index (χ4n) is 3.26. The van der Waals surface area contributed by atoms with Gasteiger partial charge in [0.05, 0.1) is 24.1 Å². The number of nitrogens with zero attached hydrogens (tertiary/aromatic N) is 2. The van der Waals surface area contributed by atoms with Gasteiger partial charge in [0.15, 0.2) is 0 Å². The maximum atomic E-state index is 13.5. The van der Waals surface area contributed by atoms with Crippen LogP contribution in [0.5, 0.6) is 5.75 Å². The van der Waals surface area contributed by atoms with Gasteiger partial charge in [0.2, 0.25) is 21.8 Å². The van der Waals surface area contributed by atoms with E-state index in [0.717, 1.165) is 16.1 Å². The second kappa shape index (κ2) is 11.5. The Labute approximate surface area is 217 Å². The standard InChI is InChI=1S/C24H31Cl2N3O5S/c1-16(23(31)27-24(2,3)4)28(14-17-7-10-19(34-5)11-8-17)22(30)15-29(35(6,32)33)21-12-9-18(25)13-20(21)26/h7-13,16H,14-15H2,1-6H3,(H,27,31). The molecule has 0 heterocycles. The fraction of sp³-hybridized carbons (Fsp3) is 0.417. The number of nitrogens with one attached hydrogen (secondary N) is 1. The van der Waals surface area contributed by atoms with E-state index in [0.29, 0.717) is 10.8 Å². The largest absolute Gasteiger partial charge is 0.497 e. The Kier molecular flexibility index (Phi) is 9.44. The number of amides is 2. The maximum Gasteiger partial charge on any atom is 0.244 e. The van der Waals surface area contributed by atoms with Crippen LogP contribution in [0.15, 0.2) is 42.5 Å². The number of rotatable bonds is 9. The Hall–Kier alpha value is -2.49. The topological polar surface area (TPSA) is 96.0 Å². The summed E-state index contributed by atoms with van der Waals surface area (Å²) in [5.41, 5.74) is 0.337. The molecule has 2 aromatic rings. The number of anilines is 1. The molecule has 1 unspecified atom stereocenters. The first-order valence-electron chi connectivity index (χ1n) is 10.8. The predicted molar refractivity (Wildman–Crippen MR) is 140 cm³/mol. The van der Waals surface area contributed by atoms with Crippen LogP contribution in [0.3, 0.4) is 0 Å². The van der Waals surface area contributed by atoms with E-state index in [1.807, 2.05) is 20.8 Å². The van der Waals surface area contributed by atoms with Gasteiger partial charge in [-0.25, -0.2) is 8.42 Å². The van der Waals surface area contributed by atoms with Gasteiger partial charge in [-0.1, -0.05) is 35.3 Å².